The third-order valence-electron chi connectivity index (χ3n) is 2.98. The van der Waals surface area contributed by atoms with Gasteiger partial charge in [-0.15, -0.1) is 11.3 Å². The molecule has 1 heterocycles. The lowest BCUT2D eigenvalue weighted by atomic mass is 10.2. The molecule has 126 valence electrons. The van der Waals surface area contributed by atoms with Crippen LogP contribution in [0.25, 0.3) is 6.08 Å². The van der Waals surface area contributed by atoms with Crippen molar-refractivity contribution < 1.29 is 14.3 Å². The summed E-state index contributed by atoms with van der Waals surface area (Å²) in [6, 6.07) is 8.90. The fraction of sp³-hybridized carbons (Fsp3) is 0.176. The number of hydrogen-bond acceptors (Lipinski definition) is 4. The molecule has 0 fully saturated rings. The van der Waals surface area contributed by atoms with Gasteiger partial charge in [-0.2, -0.15) is 0 Å². The molecule has 0 saturated heterocycles. The molecule has 1 aromatic carbocycles. The summed E-state index contributed by atoms with van der Waals surface area (Å²) in [4.78, 5) is 24.4. The van der Waals surface area contributed by atoms with E-state index in [4.69, 9.17) is 27.9 Å². The predicted octanol–water partition coefficient (Wildman–Crippen LogP) is 3.97. The average Bonchev–Trinajstić information content (AvgIpc) is 3.05. The summed E-state index contributed by atoms with van der Waals surface area (Å²) in [6.45, 7) is 0.190. The van der Waals surface area contributed by atoms with Crippen LogP contribution < -0.4 is 5.32 Å². The van der Waals surface area contributed by atoms with Crippen LogP contribution in [-0.2, 0) is 20.7 Å². The first-order valence-electron chi connectivity index (χ1n) is 7.13. The fourth-order valence-corrected chi connectivity index (χ4v) is 2.99. The lowest BCUT2D eigenvalue weighted by molar-refractivity contribution is -0.143. The molecule has 0 aliphatic carbocycles. The van der Waals surface area contributed by atoms with Crippen molar-refractivity contribution >= 4 is 52.5 Å². The molecule has 0 bridgehead atoms. The zero-order valence-electron chi connectivity index (χ0n) is 12.6. The standard InChI is InChI=1S/C17H15Cl2NO3S/c18-13-5-3-12(15(19)10-13)4-6-17(22)23-11-16(21)20-8-7-14-2-1-9-24-14/h1-6,9-10H,7-8,11H2,(H,20,21)/b6-4+. The van der Waals surface area contributed by atoms with Crippen LogP contribution >= 0.6 is 34.5 Å². The molecule has 1 N–H and O–H groups in total. The van der Waals surface area contributed by atoms with Gasteiger partial charge in [-0.05, 0) is 41.6 Å². The van der Waals surface area contributed by atoms with Gasteiger partial charge in [-0.1, -0.05) is 35.3 Å². The van der Waals surface area contributed by atoms with E-state index in [0.29, 0.717) is 22.2 Å². The summed E-state index contributed by atoms with van der Waals surface area (Å²) >= 11 is 13.4. The number of nitrogens with one attached hydrogen (secondary N) is 1. The highest BCUT2D eigenvalue weighted by Gasteiger charge is 2.05. The number of rotatable bonds is 7. The number of carbonyl (C=O) groups is 2. The third-order valence-corrected chi connectivity index (χ3v) is 4.48. The van der Waals surface area contributed by atoms with Gasteiger partial charge < -0.3 is 10.1 Å². The average molecular weight is 384 g/mol. The minimum absolute atomic E-state index is 0.317. The molecule has 0 saturated carbocycles. The van der Waals surface area contributed by atoms with E-state index < -0.39 is 5.97 Å². The van der Waals surface area contributed by atoms with Gasteiger partial charge in [0.25, 0.3) is 5.91 Å². The largest absolute Gasteiger partial charge is 0.452 e. The van der Waals surface area contributed by atoms with Crippen LogP contribution in [0, 0.1) is 0 Å². The topological polar surface area (TPSA) is 55.4 Å². The molecule has 4 nitrogen and oxygen atoms in total. The van der Waals surface area contributed by atoms with Crippen LogP contribution in [0.4, 0.5) is 0 Å². The summed E-state index contributed by atoms with van der Waals surface area (Å²) in [5.41, 5.74) is 0.637. The lowest BCUT2D eigenvalue weighted by Crippen LogP contribution is -2.30. The smallest absolute Gasteiger partial charge is 0.331 e. The minimum Gasteiger partial charge on any atom is -0.452 e. The highest BCUT2D eigenvalue weighted by molar-refractivity contribution is 7.09. The predicted molar refractivity (Wildman–Crippen MR) is 97.5 cm³/mol. The number of carbonyl (C=O) groups excluding carboxylic acids is 2. The Labute approximate surface area is 154 Å². The molecule has 0 aliphatic heterocycles. The van der Waals surface area contributed by atoms with E-state index in [1.807, 2.05) is 17.5 Å². The zero-order valence-corrected chi connectivity index (χ0v) is 15.0. The van der Waals surface area contributed by atoms with Gasteiger partial charge in [0.1, 0.15) is 0 Å². The van der Waals surface area contributed by atoms with Crippen molar-refractivity contribution in [3.63, 3.8) is 0 Å². The summed E-state index contributed by atoms with van der Waals surface area (Å²) in [5.74, 6) is -0.952. The molecule has 0 spiro atoms. The molecule has 0 atom stereocenters. The highest BCUT2D eigenvalue weighted by Crippen LogP contribution is 2.21. The number of ether oxygens (including phenoxy) is 1. The van der Waals surface area contributed by atoms with Crippen LogP contribution in [0.2, 0.25) is 10.0 Å². The van der Waals surface area contributed by atoms with E-state index in [2.05, 4.69) is 5.32 Å². The SMILES string of the molecule is O=C(COC(=O)/C=C/c1ccc(Cl)cc1Cl)NCCc1cccs1. The maximum absolute atomic E-state index is 11.6. The van der Waals surface area contributed by atoms with E-state index >= 15 is 0 Å². The van der Waals surface area contributed by atoms with Gasteiger partial charge >= 0.3 is 5.97 Å². The van der Waals surface area contributed by atoms with Gasteiger partial charge in [0.05, 0.1) is 0 Å². The normalized spacial score (nSPS) is 10.8. The maximum atomic E-state index is 11.6. The Bertz CT molecular complexity index is 729. The Kier molecular flexibility index (Phi) is 7.31. The van der Waals surface area contributed by atoms with Crippen LogP contribution in [0.5, 0.6) is 0 Å². The first-order valence-corrected chi connectivity index (χ1v) is 8.77. The Morgan fingerprint density at radius 1 is 1.25 bits per heavy atom. The maximum Gasteiger partial charge on any atom is 0.331 e. The third kappa shape index (κ3) is 6.35. The molecule has 24 heavy (non-hydrogen) atoms. The number of halogens is 2. The zero-order chi connectivity index (χ0) is 17.4. The van der Waals surface area contributed by atoms with E-state index in [-0.39, 0.29) is 12.5 Å². The molecular weight excluding hydrogens is 369 g/mol. The molecule has 1 aromatic heterocycles. The summed E-state index contributed by atoms with van der Waals surface area (Å²) in [6.07, 6.45) is 3.48. The van der Waals surface area contributed by atoms with Gasteiger partial charge in [0, 0.05) is 27.5 Å². The Hall–Kier alpha value is -1.82. The van der Waals surface area contributed by atoms with Gasteiger partial charge in [-0.25, -0.2) is 4.79 Å². The van der Waals surface area contributed by atoms with Crippen LogP contribution in [0.15, 0.2) is 41.8 Å². The molecule has 7 heteroatoms. The van der Waals surface area contributed by atoms with Crippen molar-refractivity contribution in [2.45, 2.75) is 6.42 Å². The van der Waals surface area contributed by atoms with Crippen molar-refractivity contribution in [3.8, 4) is 0 Å². The summed E-state index contributed by atoms with van der Waals surface area (Å²) in [5, 5.41) is 5.62. The Morgan fingerprint density at radius 3 is 2.79 bits per heavy atom. The van der Waals surface area contributed by atoms with Crippen LogP contribution in [0.3, 0.4) is 0 Å². The molecule has 0 radical (unpaired) electrons. The monoisotopic (exact) mass is 383 g/mol. The van der Waals surface area contributed by atoms with Crippen molar-refractivity contribution in [3.05, 3.63) is 62.3 Å². The quantitative estimate of drug-likeness (QED) is 0.581. The van der Waals surface area contributed by atoms with E-state index in [1.54, 1.807) is 29.5 Å². The van der Waals surface area contributed by atoms with Crippen molar-refractivity contribution in [2.24, 2.45) is 0 Å². The first kappa shape index (κ1) is 18.5. The summed E-state index contributed by atoms with van der Waals surface area (Å²) in [7, 11) is 0. The summed E-state index contributed by atoms with van der Waals surface area (Å²) < 4.78 is 4.87. The highest BCUT2D eigenvalue weighted by atomic mass is 35.5. The van der Waals surface area contributed by atoms with Gasteiger partial charge in [-0.3, -0.25) is 4.79 Å². The van der Waals surface area contributed by atoms with Crippen LogP contribution in [-0.4, -0.2) is 25.0 Å². The van der Waals surface area contributed by atoms with E-state index in [9.17, 15) is 9.59 Å². The fourth-order valence-electron chi connectivity index (χ4n) is 1.81. The second kappa shape index (κ2) is 9.47. The van der Waals surface area contributed by atoms with Crippen molar-refractivity contribution in [1.82, 2.24) is 5.32 Å². The van der Waals surface area contributed by atoms with Gasteiger partial charge in [0.15, 0.2) is 6.61 Å². The van der Waals surface area contributed by atoms with Crippen molar-refractivity contribution in [1.29, 1.82) is 0 Å². The van der Waals surface area contributed by atoms with E-state index in [0.717, 1.165) is 6.42 Å². The number of amides is 1. The molecule has 2 aromatic rings. The number of hydrogen-bond donors (Lipinski definition) is 1. The number of esters is 1. The van der Waals surface area contributed by atoms with E-state index in [1.165, 1.54) is 17.0 Å². The molecule has 1 amide bonds. The van der Waals surface area contributed by atoms with Gasteiger partial charge in [0.2, 0.25) is 0 Å². The first-order chi connectivity index (χ1) is 11.5. The van der Waals surface area contributed by atoms with Crippen LogP contribution in [0.1, 0.15) is 10.4 Å². The molecule has 0 unspecified atom stereocenters. The minimum atomic E-state index is -0.616. The molecular formula is C17H15Cl2NO3S. The molecule has 2 rings (SSSR count). The second-order valence-electron chi connectivity index (χ2n) is 4.79. The molecule has 0 aliphatic rings. The number of thiophene rings is 1. The second-order valence-corrected chi connectivity index (χ2v) is 6.66. The van der Waals surface area contributed by atoms with Crippen molar-refractivity contribution in [2.75, 3.05) is 13.2 Å². The Morgan fingerprint density at radius 2 is 2.08 bits per heavy atom. The Balaban J connectivity index is 1.70. The lowest BCUT2D eigenvalue weighted by Gasteiger charge is -2.04. The number of benzene rings is 1.